The molecule has 0 bridgehead atoms. The molecule has 2 aromatic heterocycles. The second kappa shape index (κ2) is 7.76. The summed E-state index contributed by atoms with van der Waals surface area (Å²) >= 11 is 0. The summed E-state index contributed by atoms with van der Waals surface area (Å²) in [5, 5.41) is 3.24. The molecule has 0 unspecified atom stereocenters. The Hall–Kier alpha value is -3.25. The van der Waals surface area contributed by atoms with Crippen LogP contribution in [0.4, 0.5) is 11.5 Å². The summed E-state index contributed by atoms with van der Waals surface area (Å²) in [5.41, 5.74) is 2.81. The topological polar surface area (TPSA) is 69.2 Å². The maximum absolute atomic E-state index is 5.97. The summed E-state index contributed by atoms with van der Waals surface area (Å²) in [6, 6.07) is 13.4. The predicted octanol–water partition coefficient (Wildman–Crippen LogP) is 4.21. The van der Waals surface area contributed by atoms with Gasteiger partial charge in [-0.25, -0.2) is 15.0 Å². The first-order valence-electron chi connectivity index (χ1n) is 8.42. The Kier molecular flexibility index (Phi) is 4.84. The van der Waals surface area contributed by atoms with Crippen LogP contribution in [0.2, 0.25) is 0 Å². The van der Waals surface area contributed by atoms with Gasteiger partial charge < -0.3 is 14.8 Å². The standard InChI is InChI=1S/C20H18N4O2/c1-2-10-21-18(3-1)24-16-4-6-17(7-5-16)26-20-19(22-11-12-23-20)15-8-13-25-14-9-15/h1-8,10-12H,9,13-14H2,(H,21,24). The van der Waals surface area contributed by atoms with Crippen molar-refractivity contribution in [2.45, 2.75) is 6.42 Å². The van der Waals surface area contributed by atoms with Crippen LogP contribution in [-0.2, 0) is 4.74 Å². The lowest BCUT2D eigenvalue weighted by molar-refractivity contribution is 0.161. The van der Waals surface area contributed by atoms with Crippen molar-refractivity contribution in [2.75, 3.05) is 18.5 Å². The van der Waals surface area contributed by atoms with Crippen molar-refractivity contribution in [1.29, 1.82) is 0 Å². The van der Waals surface area contributed by atoms with Crippen molar-refractivity contribution in [1.82, 2.24) is 15.0 Å². The van der Waals surface area contributed by atoms with E-state index in [1.165, 1.54) is 0 Å². The van der Waals surface area contributed by atoms with Gasteiger partial charge in [0.2, 0.25) is 5.88 Å². The molecular weight excluding hydrogens is 328 g/mol. The summed E-state index contributed by atoms with van der Waals surface area (Å²) < 4.78 is 11.3. The molecule has 6 heteroatoms. The number of benzene rings is 1. The van der Waals surface area contributed by atoms with Crippen LogP contribution in [-0.4, -0.2) is 28.2 Å². The molecule has 26 heavy (non-hydrogen) atoms. The number of nitrogens with zero attached hydrogens (tertiary/aromatic N) is 3. The molecule has 130 valence electrons. The number of anilines is 2. The van der Waals surface area contributed by atoms with Gasteiger partial charge in [-0.15, -0.1) is 0 Å². The van der Waals surface area contributed by atoms with E-state index in [1.54, 1.807) is 18.6 Å². The molecule has 0 atom stereocenters. The number of hydrogen-bond acceptors (Lipinski definition) is 6. The van der Waals surface area contributed by atoms with Gasteiger partial charge in [-0.2, -0.15) is 0 Å². The highest BCUT2D eigenvalue weighted by Crippen LogP contribution is 2.30. The molecule has 0 spiro atoms. The van der Waals surface area contributed by atoms with Gasteiger partial charge in [0.1, 0.15) is 17.3 Å². The van der Waals surface area contributed by atoms with Crippen LogP contribution < -0.4 is 10.1 Å². The van der Waals surface area contributed by atoms with Crippen LogP contribution in [0, 0.1) is 0 Å². The van der Waals surface area contributed by atoms with E-state index in [4.69, 9.17) is 9.47 Å². The molecule has 0 aliphatic carbocycles. The molecule has 6 nitrogen and oxygen atoms in total. The number of aromatic nitrogens is 3. The second-order valence-electron chi connectivity index (χ2n) is 5.73. The van der Waals surface area contributed by atoms with Gasteiger partial charge in [0.05, 0.1) is 13.2 Å². The van der Waals surface area contributed by atoms with E-state index in [9.17, 15) is 0 Å². The maximum atomic E-state index is 5.97. The van der Waals surface area contributed by atoms with Crippen molar-refractivity contribution in [2.24, 2.45) is 0 Å². The summed E-state index contributed by atoms with van der Waals surface area (Å²) in [7, 11) is 0. The zero-order chi connectivity index (χ0) is 17.6. The first-order valence-corrected chi connectivity index (χ1v) is 8.42. The van der Waals surface area contributed by atoms with Crippen molar-refractivity contribution >= 4 is 17.1 Å². The smallest absolute Gasteiger partial charge is 0.245 e. The number of rotatable bonds is 5. The van der Waals surface area contributed by atoms with Crippen LogP contribution >= 0.6 is 0 Å². The Morgan fingerprint density at radius 1 is 0.923 bits per heavy atom. The lowest BCUT2D eigenvalue weighted by atomic mass is 10.1. The molecule has 0 radical (unpaired) electrons. The molecule has 1 aliphatic heterocycles. The van der Waals surface area contributed by atoms with Crippen molar-refractivity contribution in [3.05, 3.63) is 72.8 Å². The maximum Gasteiger partial charge on any atom is 0.245 e. The first kappa shape index (κ1) is 16.2. The first-order chi connectivity index (χ1) is 12.9. The Morgan fingerprint density at radius 3 is 2.58 bits per heavy atom. The summed E-state index contributed by atoms with van der Waals surface area (Å²) in [6.45, 7) is 1.29. The molecule has 3 heterocycles. The minimum Gasteiger partial charge on any atom is -0.437 e. The van der Waals surface area contributed by atoms with Crippen LogP contribution in [0.3, 0.4) is 0 Å². The van der Waals surface area contributed by atoms with E-state index < -0.39 is 0 Å². The lowest BCUT2D eigenvalue weighted by Gasteiger charge is -2.15. The van der Waals surface area contributed by atoms with E-state index in [2.05, 4.69) is 20.3 Å². The molecule has 1 aromatic carbocycles. The molecule has 0 saturated heterocycles. The number of hydrogen-bond donors (Lipinski definition) is 1. The Bertz CT molecular complexity index is 895. The van der Waals surface area contributed by atoms with Crippen molar-refractivity contribution in [3.63, 3.8) is 0 Å². The minimum absolute atomic E-state index is 0.506. The number of pyridine rings is 1. The third-order valence-corrected chi connectivity index (χ3v) is 3.94. The number of nitrogens with one attached hydrogen (secondary N) is 1. The van der Waals surface area contributed by atoms with Crippen LogP contribution in [0.5, 0.6) is 11.6 Å². The van der Waals surface area contributed by atoms with Gasteiger partial charge in [0.25, 0.3) is 0 Å². The van der Waals surface area contributed by atoms with E-state index in [0.29, 0.717) is 24.8 Å². The van der Waals surface area contributed by atoms with Gasteiger partial charge in [-0.3, -0.25) is 0 Å². The highest BCUT2D eigenvalue weighted by Gasteiger charge is 2.15. The molecule has 0 saturated carbocycles. The predicted molar refractivity (Wildman–Crippen MR) is 99.5 cm³/mol. The highest BCUT2D eigenvalue weighted by molar-refractivity contribution is 5.67. The zero-order valence-corrected chi connectivity index (χ0v) is 14.1. The van der Waals surface area contributed by atoms with E-state index in [-0.39, 0.29) is 0 Å². The van der Waals surface area contributed by atoms with Gasteiger partial charge >= 0.3 is 0 Å². The minimum atomic E-state index is 0.506. The van der Waals surface area contributed by atoms with E-state index in [1.807, 2.05) is 48.5 Å². The SMILES string of the molecule is C1=C(c2nccnc2Oc2ccc(Nc3ccccn3)cc2)CCOC1. The quantitative estimate of drug-likeness (QED) is 0.746. The summed E-state index contributed by atoms with van der Waals surface area (Å²) in [5.74, 6) is 2.00. The van der Waals surface area contributed by atoms with Crippen LogP contribution in [0.25, 0.3) is 5.57 Å². The van der Waals surface area contributed by atoms with Gasteiger partial charge in [-0.1, -0.05) is 12.1 Å². The molecular formula is C20H18N4O2. The molecule has 3 aromatic rings. The van der Waals surface area contributed by atoms with E-state index in [0.717, 1.165) is 29.2 Å². The molecule has 1 aliphatic rings. The Labute approximate surface area is 151 Å². The van der Waals surface area contributed by atoms with Crippen LogP contribution in [0.1, 0.15) is 12.1 Å². The van der Waals surface area contributed by atoms with E-state index >= 15 is 0 Å². The zero-order valence-electron chi connectivity index (χ0n) is 14.1. The average Bonchev–Trinajstić information content (AvgIpc) is 2.71. The average molecular weight is 346 g/mol. The van der Waals surface area contributed by atoms with Gasteiger partial charge in [-0.05, 0) is 48.4 Å². The number of ether oxygens (including phenoxy) is 2. The third kappa shape index (κ3) is 3.87. The van der Waals surface area contributed by atoms with Crippen LogP contribution in [0.15, 0.2) is 67.1 Å². The van der Waals surface area contributed by atoms with Crippen molar-refractivity contribution in [3.8, 4) is 11.6 Å². The fraction of sp³-hybridized carbons (Fsp3) is 0.150. The summed E-state index contributed by atoms with van der Waals surface area (Å²) in [4.78, 5) is 13.0. The normalized spacial score (nSPS) is 13.8. The molecule has 4 rings (SSSR count). The molecule has 0 amide bonds. The van der Waals surface area contributed by atoms with Gasteiger partial charge in [0, 0.05) is 24.3 Å². The molecule has 1 N–H and O–H groups in total. The second-order valence-corrected chi connectivity index (χ2v) is 5.73. The molecule has 0 fully saturated rings. The van der Waals surface area contributed by atoms with Crippen molar-refractivity contribution < 1.29 is 9.47 Å². The fourth-order valence-electron chi connectivity index (χ4n) is 2.66. The fourth-order valence-corrected chi connectivity index (χ4v) is 2.66. The Balaban J connectivity index is 1.50. The highest BCUT2D eigenvalue weighted by atomic mass is 16.5. The lowest BCUT2D eigenvalue weighted by Crippen LogP contribution is -2.06. The monoisotopic (exact) mass is 346 g/mol. The Morgan fingerprint density at radius 2 is 1.81 bits per heavy atom. The largest absolute Gasteiger partial charge is 0.437 e. The third-order valence-electron chi connectivity index (χ3n) is 3.94. The van der Waals surface area contributed by atoms with Gasteiger partial charge in [0.15, 0.2) is 0 Å². The summed E-state index contributed by atoms with van der Waals surface area (Å²) in [6.07, 6.45) is 7.90.